The number of guanidine groups is 1. The minimum Gasteiger partial charge on any atom is -0.356 e. The van der Waals surface area contributed by atoms with E-state index in [-0.39, 0.29) is 35.2 Å². The summed E-state index contributed by atoms with van der Waals surface area (Å²) >= 11 is 6.19. The highest BCUT2D eigenvalue weighted by molar-refractivity contribution is 14.0. The van der Waals surface area contributed by atoms with Crippen molar-refractivity contribution < 1.29 is 4.39 Å². The topological polar surface area (TPSA) is 54.2 Å². The van der Waals surface area contributed by atoms with Crippen LogP contribution in [0.1, 0.15) is 25.8 Å². The first-order valence-electron chi connectivity index (χ1n) is 8.30. The number of benzene rings is 1. The summed E-state index contributed by atoms with van der Waals surface area (Å²) in [5, 5.41) is 11.2. The second-order valence-electron chi connectivity index (χ2n) is 6.48. The van der Waals surface area contributed by atoms with Crippen molar-refractivity contribution in [1.29, 1.82) is 0 Å². The van der Waals surface area contributed by atoms with Gasteiger partial charge in [-0.05, 0) is 30.2 Å². The molecule has 0 aliphatic heterocycles. The molecule has 0 saturated heterocycles. The van der Waals surface area contributed by atoms with E-state index >= 15 is 0 Å². The summed E-state index contributed by atoms with van der Waals surface area (Å²) in [6, 6.07) is 6.43. The van der Waals surface area contributed by atoms with Crippen LogP contribution in [0.2, 0.25) is 5.02 Å². The van der Waals surface area contributed by atoms with Gasteiger partial charge in [0.15, 0.2) is 5.96 Å². The molecule has 2 rings (SSSR count). The van der Waals surface area contributed by atoms with Crippen molar-refractivity contribution in [2.45, 2.75) is 32.2 Å². The lowest BCUT2D eigenvalue weighted by Crippen LogP contribution is -2.44. The molecule has 2 aromatic rings. The average molecular weight is 494 g/mol. The Balaban J connectivity index is 0.00000338. The molecule has 1 heterocycles. The molecule has 0 atom stereocenters. The predicted molar refractivity (Wildman–Crippen MR) is 116 cm³/mol. The lowest BCUT2D eigenvalue weighted by atomic mass is 9.84. The number of nitrogens with one attached hydrogen (secondary N) is 2. The molecule has 8 heteroatoms. The summed E-state index contributed by atoms with van der Waals surface area (Å²) in [6.07, 6.45) is 4.66. The van der Waals surface area contributed by atoms with Crippen molar-refractivity contribution in [3.8, 4) is 0 Å². The summed E-state index contributed by atoms with van der Waals surface area (Å²) in [5.41, 5.74) is 0.634. The van der Waals surface area contributed by atoms with Gasteiger partial charge in [0.2, 0.25) is 0 Å². The van der Waals surface area contributed by atoms with Gasteiger partial charge in [0, 0.05) is 49.5 Å². The third-order valence-electron chi connectivity index (χ3n) is 4.00. The fourth-order valence-corrected chi connectivity index (χ4v) is 2.96. The first-order chi connectivity index (χ1) is 11.9. The Hall–Kier alpha value is -1.35. The fourth-order valence-electron chi connectivity index (χ4n) is 2.54. The van der Waals surface area contributed by atoms with E-state index in [1.807, 2.05) is 16.9 Å². The highest BCUT2D eigenvalue weighted by Crippen LogP contribution is 2.29. The van der Waals surface area contributed by atoms with Crippen LogP contribution >= 0.6 is 35.6 Å². The highest BCUT2D eigenvalue weighted by Gasteiger charge is 2.24. The Morgan fingerprint density at radius 1 is 1.35 bits per heavy atom. The van der Waals surface area contributed by atoms with E-state index in [1.54, 1.807) is 19.3 Å². The monoisotopic (exact) mass is 493 g/mol. The number of aliphatic imine (C=N–C) groups is 1. The molecule has 0 spiro atoms. The number of aryl methyl sites for hydroxylation is 1. The SMILES string of the molecule is CN=C(NCCCn1cccn1)NCC(C)(C)c1ccc(F)cc1Cl.I. The average Bonchev–Trinajstić information content (AvgIpc) is 3.07. The Bertz CT molecular complexity index is 704. The second kappa shape index (κ2) is 10.7. The van der Waals surface area contributed by atoms with Crippen molar-refractivity contribution >= 4 is 41.5 Å². The minimum absolute atomic E-state index is 0. The van der Waals surface area contributed by atoms with Gasteiger partial charge in [-0.3, -0.25) is 9.67 Å². The molecule has 0 radical (unpaired) electrons. The predicted octanol–water partition coefficient (Wildman–Crippen LogP) is 3.83. The number of nitrogens with zero attached hydrogens (tertiary/aromatic N) is 3. The maximum absolute atomic E-state index is 13.2. The van der Waals surface area contributed by atoms with Crippen LogP contribution in [0.25, 0.3) is 0 Å². The molecular weight excluding hydrogens is 468 g/mol. The van der Waals surface area contributed by atoms with Crippen molar-refractivity contribution in [3.63, 3.8) is 0 Å². The molecule has 26 heavy (non-hydrogen) atoms. The molecule has 0 amide bonds. The van der Waals surface area contributed by atoms with E-state index in [9.17, 15) is 4.39 Å². The van der Waals surface area contributed by atoms with Crippen molar-refractivity contribution in [2.75, 3.05) is 20.1 Å². The maximum Gasteiger partial charge on any atom is 0.191 e. The zero-order valence-corrected chi connectivity index (χ0v) is 18.4. The largest absolute Gasteiger partial charge is 0.356 e. The summed E-state index contributed by atoms with van der Waals surface area (Å²) < 4.78 is 15.1. The molecule has 0 aliphatic rings. The van der Waals surface area contributed by atoms with E-state index in [1.165, 1.54) is 12.1 Å². The summed E-state index contributed by atoms with van der Waals surface area (Å²) in [5.74, 6) is 0.402. The fraction of sp³-hybridized carbons (Fsp3) is 0.444. The van der Waals surface area contributed by atoms with Crippen molar-refractivity contribution in [2.24, 2.45) is 4.99 Å². The van der Waals surface area contributed by atoms with Gasteiger partial charge in [-0.25, -0.2) is 4.39 Å². The third kappa shape index (κ3) is 6.75. The molecule has 0 fully saturated rings. The standard InChI is InChI=1S/C18H25ClFN5.HI/c1-18(2,15-7-6-14(20)12-16(15)19)13-23-17(21-3)22-8-4-10-25-11-5-9-24-25;/h5-7,9,11-12H,4,8,10,13H2,1-3H3,(H2,21,22,23);1H. The molecule has 0 aliphatic carbocycles. The van der Waals surface area contributed by atoms with Gasteiger partial charge in [-0.15, -0.1) is 24.0 Å². The number of aromatic nitrogens is 2. The molecule has 1 aromatic carbocycles. The lowest BCUT2D eigenvalue weighted by Gasteiger charge is -2.27. The van der Waals surface area contributed by atoms with Crippen LogP contribution < -0.4 is 10.6 Å². The Morgan fingerprint density at radius 3 is 2.73 bits per heavy atom. The Labute approximate surface area is 176 Å². The van der Waals surface area contributed by atoms with Crippen LogP contribution in [-0.4, -0.2) is 35.9 Å². The normalized spacial score (nSPS) is 11.8. The van der Waals surface area contributed by atoms with E-state index in [0.29, 0.717) is 11.6 Å². The van der Waals surface area contributed by atoms with Crippen LogP contribution in [0, 0.1) is 5.82 Å². The molecule has 2 N–H and O–H groups in total. The van der Waals surface area contributed by atoms with E-state index < -0.39 is 0 Å². The van der Waals surface area contributed by atoms with Gasteiger partial charge in [0.25, 0.3) is 0 Å². The van der Waals surface area contributed by atoms with Crippen molar-refractivity contribution in [3.05, 3.63) is 53.1 Å². The minimum atomic E-state index is -0.327. The van der Waals surface area contributed by atoms with Gasteiger partial charge < -0.3 is 10.6 Å². The number of hydrogen-bond acceptors (Lipinski definition) is 2. The van der Waals surface area contributed by atoms with E-state index in [4.69, 9.17) is 11.6 Å². The molecule has 5 nitrogen and oxygen atoms in total. The third-order valence-corrected chi connectivity index (χ3v) is 4.31. The Kier molecular flexibility index (Phi) is 9.35. The van der Waals surface area contributed by atoms with E-state index in [0.717, 1.165) is 31.0 Å². The molecule has 0 saturated carbocycles. The van der Waals surface area contributed by atoms with Gasteiger partial charge in [-0.1, -0.05) is 31.5 Å². The summed E-state index contributed by atoms with van der Waals surface area (Å²) in [6.45, 7) is 6.39. The zero-order valence-electron chi connectivity index (χ0n) is 15.3. The molecule has 1 aromatic heterocycles. The maximum atomic E-state index is 13.2. The number of hydrogen-bond donors (Lipinski definition) is 2. The van der Waals surface area contributed by atoms with E-state index in [2.05, 4.69) is 34.6 Å². The van der Waals surface area contributed by atoms with Gasteiger partial charge in [-0.2, -0.15) is 5.10 Å². The van der Waals surface area contributed by atoms with Crippen LogP contribution in [0.5, 0.6) is 0 Å². The quantitative estimate of drug-likeness (QED) is 0.267. The summed E-state index contributed by atoms with van der Waals surface area (Å²) in [7, 11) is 1.74. The van der Waals surface area contributed by atoms with Crippen LogP contribution in [0.3, 0.4) is 0 Å². The number of halogens is 3. The molecule has 144 valence electrons. The Morgan fingerprint density at radius 2 is 2.12 bits per heavy atom. The van der Waals surface area contributed by atoms with Crippen molar-refractivity contribution in [1.82, 2.24) is 20.4 Å². The smallest absolute Gasteiger partial charge is 0.191 e. The molecular formula is C18H26ClFIN5. The molecule has 0 unspecified atom stereocenters. The van der Waals surface area contributed by atoms with Gasteiger partial charge in [0.1, 0.15) is 5.82 Å². The van der Waals surface area contributed by atoms with Crippen LogP contribution in [0.4, 0.5) is 4.39 Å². The van der Waals surface area contributed by atoms with Crippen LogP contribution in [-0.2, 0) is 12.0 Å². The van der Waals surface area contributed by atoms with Crippen LogP contribution in [0.15, 0.2) is 41.7 Å². The first-order valence-corrected chi connectivity index (χ1v) is 8.67. The van der Waals surface area contributed by atoms with Gasteiger partial charge >= 0.3 is 0 Å². The highest BCUT2D eigenvalue weighted by atomic mass is 127. The molecule has 0 bridgehead atoms. The summed E-state index contributed by atoms with van der Waals surface area (Å²) in [4.78, 5) is 4.23. The lowest BCUT2D eigenvalue weighted by molar-refractivity contribution is 0.505. The number of rotatable bonds is 7. The van der Waals surface area contributed by atoms with Gasteiger partial charge in [0.05, 0.1) is 0 Å². The second-order valence-corrected chi connectivity index (χ2v) is 6.89. The zero-order chi connectivity index (χ0) is 18.3. The first kappa shape index (κ1) is 22.7.